The van der Waals surface area contributed by atoms with Crippen molar-refractivity contribution in [2.24, 2.45) is 0 Å². The van der Waals surface area contributed by atoms with E-state index in [0.29, 0.717) is 17.4 Å². The average molecular weight is 975 g/mol. The molecule has 0 aromatic carbocycles. The number of ether oxygens (including phenoxy) is 2. The molecule has 394 valence electrons. The predicted molar refractivity (Wildman–Crippen MR) is 289 cm³/mol. The molecular weight excluding hydrogens is 870 g/mol. The molecule has 10 heteroatoms. The van der Waals surface area contributed by atoms with Crippen LogP contribution >= 0.6 is 7.82 Å². The van der Waals surface area contributed by atoms with Crippen molar-refractivity contribution in [2.45, 2.75) is 238 Å². The van der Waals surface area contributed by atoms with Crippen LogP contribution in [-0.2, 0) is 32.7 Å². The first kappa shape index (κ1) is 65.5. The van der Waals surface area contributed by atoms with Crippen LogP contribution in [-0.4, -0.2) is 74.9 Å². The van der Waals surface area contributed by atoms with Gasteiger partial charge in [-0.1, -0.05) is 209 Å². The fourth-order valence-corrected chi connectivity index (χ4v) is 8.19. The lowest BCUT2D eigenvalue weighted by Crippen LogP contribution is -2.37. The fraction of sp³-hybridized carbons (Fsp3) is 0.759. The zero-order valence-corrected chi connectivity index (χ0v) is 45.5. The minimum atomic E-state index is -4.39. The number of carbonyl (C=O) groups excluding carboxylic acids is 2. The van der Waals surface area contributed by atoms with E-state index in [2.05, 4.69) is 86.8 Å². The van der Waals surface area contributed by atoms with Crippen LogP contribution in [0, 0.1) is 0 Å². The van der Waals surface area contributed by atoms with Crippen LogP contribution in [0.1, 0.15) is 232 Å². The molecule has 0 rings (SSSR count). The van der Waals surface area contributed by atoms with E-state index in [1.165, 1.54) is 122 Å². The Morgan fingerprint density at radius 1 is 0.471 bits per heavy atom. The highest BCUT2D eigenvalue weighted by molar-refractivity contribution is 7.47. The molecule has 0 saturated carbocycles. The third kappa shape index (κ3) is 52.8. The van der Waals surface area contributed by atoms with Gasteiger partial charge in [-0.2, -0.15) is 0 Å². The molecule has 0 aromatic heterocycles. The van der Waals surface area contributed by atoms with Gasteiger partial charge in [-0.3, -0.25) is 18.6 Å². The molecule has 2 unspecified atom stereocenters. The molecule has 68 heavy (non-hydrogen) atoms. The van der Waals surface area contributed by atoms with Crippen molar-refractivity contribution in [1.82, 2.24) is 0 Å². The zero-order chi connectivity index (χ0) is 49.9. The highest BCUT2D eigenvalue weighted by Crippen LogP contribution is 2.43. The van der Waals surface area contributed by atoms with Gasteiger partial charge in [0.05, 0.1) is 27.7 Å². The molecule has 0 aliphatic rings. The van der Waals surface area contributed by atoms with E-state index >= 15 is 0 Å². The normalized spacial score (nSPS) is 13.9. The van der Waals surface area contributed by atoms with Crippen LogP contribution in [0.2, 0.25) is 0 Å². The number of hydrogen-bond acceptors (Lipinski definition) is 7. The number of phosphoric ester groups is 1. The summed E-state index contributed by atoms with van der Waals surface area (Å²) in [6.07, 6.45) is 63.8. The molecule has 0 bridgehead atoms. The van der Waals surface area contributed by atoms with Gasteiger partial charge in [0, 0.05) is 12.8 Å². The Balaban J connectivity index is 4.22. The standard InChI is InChI=1S/C58H104NO8P/c1-6-8-10-12-14-16-18-20-22-24-26-28-29-31-33-35-37-39-41-43-45-47-49-51-58(61)67-56(55-66-68(62,63)65-53-52-59(3,4)5)54-64-57(60)50-48-46-44-42-40-38-36-34-32-30-27-25-23-21-19-17-15-13-11-9-7-2/h8,10,14,16,19-22,25-28,56H,6-7,9,11-13,15,17-18,23-24,29-55H2,1-5H3/p+1/b10-8-,16-14-,21-19-,22-20-,27-25-,28-26-. The quantitative estimate of drug-likeness (QED) is 0.0211. The molecule has 0 heterocycles. The van der Waals surface area contributed by atoms with Crippen LogP contribution in [0.15, 0.2) is 72.9 Å². The first-order valence-electron chi connectivity index (χ1n) is 27.7. The second-order valence-corrected chi connectivity index (χ2v) is 21.0. The largest absolute Gasteiger partial charge is 0.472 e. The summed E-state index contributed by atoms with van der Waals surface area (Å²) < 4.78 is 34.5. The van der Waals surface area contributed by atoms with Crippen molar-refractivity contribution in [2.75, 3.05) is 47.5 Å². The molecule has 1 N–H and O–H groups in total. The van der Waals surface area contributed by atoms with E-state index in [0.717, 1.165) is 77.0 Å². The molecule has 9 nitrogen and oxygen atoms in total. The summed E-state index contributed by atoms with van der Waals surface area (Å²) in [4.78, 5) is 35.7. The number of likely N-dealkylation sites (N-methyl/N-ethyl adjacent to an activating group) is 1. The molecule has 0 aromatic rings. The Morgan fingerprint density at radius 3 is 1.25 bits per heavy atom. The van der Waals surface area contributed by atoms with E-state index in [9.17, 15) is 19.0 Å². The van der Waals surface area contributed by atoms with Gasteiger partial charge in [-0.15, -0.1) is 0 Å². The van der Waals surface area contributed by atoms with E-state index < -0.39 is 26.5 Å². The minimum Gasteiger partial charge on any atom is -0.462 e. The molecular formula is C58H105NO8P+. The van der Waals surface area contributed by atoms with Crippen molar-refractivity contribution >= 4 is 19.8 Å². The minimum absolute atomic E-state index is 0.0274. The van der Waals surface area contributed by atoms with Gasteiger partial charge in [-0.05, 0) is 83.5 Å². The molecule has 0 aliphatic carbocycles. The number of carbonyl (C=O) groups is 2. The third-order valence-corrected chi connectivity index (χ3v) is 12.7. The number of allylic oxidation sites excluding steroid dienone is 12. The molecule has 0 saturated heterocycles. The molecule has 0 spiro atoms. The van der Waals surface area contributed by atoms with Crippen molar-refractivity contribution in [3.63, 3.8) is 0 Å². The summed E-state index contributed by atoms with van der Waals surface area (Å²) in [5.41, 5.74) is 0. The maximum Gasteiger partial charge on any atom is 0.472 e. The van der Waals surface area contributed by atoms with Crippen molar-refractivity contribution < 1.29 is 42.1 Å². The Morgan fingerprint density at radius 2 is 0.838 bits per heavy atom. The summed E-state index contributed by atoms with van der Waals surface area (Å²) in [5, 5.41) is 0. The molecule has 0 fully saturated rings. The van der Waals surface area contributed by atoms with Gasteiger partial charge in [0.2, 0.25) is 0 Å². The average Bonchev–Trinajstić information content (AvgIpc) is 3.30. The van der Waals surface area contributed by atoms with Crippen molar-refractivity contribution in [3.05, 3.63) is 72.9 Å². The van der Waals surface area contributed by atoms with Crippen LogP contribution in [0.25, 0.3) is 0 Å². The third-order valence-electron chi connectivity index (χ3n) is 11.7. The number of rotatable bonds is 50. The molecule has 0 aliphatic heterocycles. The second-order valence-electron chi connectivity index (χ2n) is 19.6. The number of esters is 2. The first-order chi connectivity index (χ1) is 33.0. The summed E-state index contributed by atoms with van der Waals surface area (Å²) in [7, 11) is 1.47. The van der Waals surface area contributed by atoms with Gasteiger partial charge < -0.3 is 18.9 Å². The predicted octanol–water partition coefficient (Wildman–Crippen LogP) is 16.9. The van der Waals surface area contributed by atoms with Gasteiger partial charge in [0.25, 0.3) is 0 Å². The lowest BCUT2D eigenvalue weighted by molar-refractivity contribution is -0.870. The Labute approximate surface area is 418 Å². The summed E-state index contributed by atoms with van der Waals surface area (Å²) in [5.74, 6) is -0.806. The number of unbranched alkanes of at least 4 members (excludes halogenated alkanes) is 24. The Bertz CT molecular complexity index is 1380. The topological polar surface area (TPSA) is 108 Å². The van der Waals surface area contributed by atoms with Gasteiger partial charge >= 0.3 is 19.8 Å². The Hall–Kier alpha value is -2.55. The highest BCUT2D eigenvalue weighted by atomic mass is 31.2. The molecule has 0 radical (unpaired) electrons. The SMILES string of the molecule is CC/C=C\C/C=C\C/C=C\C/C=C\CCCCCCCCCCCCC(=O)OC(COC(=O)CCCCCCCCCCC/C=C\C/C=C\CCCCCCC)COP(=O)(O)OCC[N+](C)(C)C. The van der Waals surface area contributed by atoms with Crippen LogP contribution < -0.4 is 0 Å². The van der Waals surface area contributed by atoms with Crippen molar-refractivity contribution in [3.8, 4) is 0 Å². The van der Waals surface area contributed by atoms with E-state index in [4.69, 9.17) is 18.5 Å². The molecule has 2 atom stereocenters. The van der Waals surface area contributed by atoms with Crippen LogP contribution in [0.4, 0.5) is 0 Å². The maximum absolute atomic E-state index is 12.8. The number of quaternary nitrogens is 1. The number of hydrogen-bond donors (Lipinski definition) is 1. The van der Waals surface area contributed by atoms with Gasteiger partial charge in [0.15, 0.2) is 6.10 Å². The second kappa shape index (κ2) is 49.4. The zero-order valence-electron chi connectivity index (χ0n) is 44.6. The maximum atomic E-state index is 12.8. The van der Waals surface area contributed by atoms with E-state index in [-0.39, 0.29) is 32.0 Å². The highest BCUT2D eigenvalue weighted by Gasteiger charge is 2.27. The van der Waals surface area contributed by atoms with Gasteiger partial charge in [-0.25, -0.2) is 4.57 Å². The summed E-state index contributed by atoms with van der Waals surface area (Å²) in [6, 6.07) is 0. The van der Waals surface area contributed by atoms with E-state index in [1.54, 1.807) is 0 Å². The van der Waals surface area contributed by atoms with Crippen molar-refractivity contribution in [1.29, 1.82) is 0 Å². The van der Waals surface area contributed by atoms with Crippen LogP contribution in [0.3, 0.4) is 0 Å². The lowest BCUT2D eigenvalue weighted by Gasteiger charge is -2.24. The summed E-state index contributed by atoms with van der Waals surface area (Å²) in [6.45, 7) is 4.31. The van der Waals surface area contributed by atoms with Gasteiger partial charge in [0.1, 0.15) is 19.8 Å². The fourth-order valence-electron chi connectivity index (χ4n) is 7.45. The monoisotopic (exact) mass is 975 g/mol. The smallest absolute Gasteiger partial charge is 0.462 e. The number of nitrogens with zero attached hydrogens (tertiary/aromatic N) is 1. The van der Waals surface area contributed by atoms with E-state index in [1.807, 2.05) is 21.1 Å². The molecule has 0 amide bonds. The first-order valence-corrected chi connectivity index (χ1v) is 29.2. The van der Waals surface area contributed by atoms with Crippen LogP contribution in [0.5, 0.6) is 0 Å². The number of phosphoric acid groups is 1. The summed E-state index contributed by atoms with van der Waals surface area (Å²) >= 11 is 0. The Kier molecular flexibility index (Phi) is 47.6. The lowest BCUT2D eigenvalue weighted by atomic mass is 10.0.